The Morgan fingerprint density at radius 2 is 2.23 bits per heavy atom. The SMILES string of the molecule is CCc1ccc(C(=O)NC)c(O)c1. The molecular formula is C10H13NO2. The van der Waals surface area contributed by atoms with Gasteiger partial charge in [-0.25, -0.2) is 0 Å². The molecule has 1 aromatic carbocycles. The highest BCUT2D eigenvalue weighted by molar-refractivity contribution is 5.96. The number of phenolic OH excluding ortho intramolecular Hbond substituents is 1. The zero-order chi connectivity index (χ0) is 9.84. The summed E-state index contributed by atoms with van der Waals surface area (Å²) in [6.45, 7) is 1.99. The van der Waals surface area contributed by atoms with Crippen LogP contribution in [-0.4, -0.2) is 18.1 Å². The summed E-state index contributed by atoms with van der Waals surface area (Å²) in [4.78, 5) is 11.2. The van der Waals surface area contributed by atoms with Gasteiger partial charge >= 0.3 is 0 Å². The van der Waals surface area contributed by atoms with Gasteiger partial charge in [-0.3, -0.25) is 4.79 Å². The number of rotatable bonds is 2. The van der Waals surface area contributed by atoms with E-state index in [0.29, 0.717) is 5.56 Å². The van der Waals surface area contributed by atoms with Gasteiger partial charge < -0.3 is 10.4 Å². The van der Waals surface area contributed by atoms with Crippen molar-refractivity contribution in [2.24, 2.45) is 0 Å². The van der Waals surface area contributed by atoms with Crippen molar-refractivity contribution in [1.82, 2.24) is 5.32 Å². The standard InChI is InChI=1S/C10H13NO2/c1-3-7-4-5-8(9(12)6-7)10(13)11-2/h4-6,12H,3H2,1-2H3,(H,11,13). The number of hydrogen-bond donors (Lipinski definition) is 2. The molecule has 0 aromatic heterocycles. The fourth-order valence-corrected chi connectivity index (χ4v) is 1.12. The molecule has 2 N–H and O–H groups in total. The quantitative estimate of drug-likeness (QED) is 0.719. The maximum atomic E-state index is 11.2. The average molecular weight is 179 g/mol. The number of benzene rings is 1. The molecule has 0 heterocycles. The van der Waals surface area contributed by atoms with Crippen molar-refractivity contribution in [2.75, 3.05) is 7.05 Å². The number of amides is 1. The summed E-state index contributed by atoms with van der Waals surface area (Å²) in [6.07, 6.45) is 0.849. The number of nitrogens with one attached hydrogen (secondary N) is 1. The van der Waals surface area contributed by atoms with E-state index in [9.17, 15) is 9.90 Å². The Balaban J connectivity index is 3.05. The first-order valence-electron chi connectivity index (χ1n) is 4.23. The molecule has 0 spiro atoms. The largest absolute Gasteiger partial charge is 0.507 e. The monoisotopic (exact) mass is 179 g/mol. The third kappa shape index (κ3) is 1.99. The summed E-state index contributed by atoms with van der Waals surface area (Å²) in [5.41, 5.74) is 1.34. The van der Waals surface area contributed by atoms with Crippen LogP contribution in [0.25, 0.3) is 0 Å². The zero-order valence-corrected chi connectivity index (χ0v) is 7.79. The van der Waals surface area contributed by atoms with E-state index in [0.717, 1.165) is 12.0 Å². The van der Waals surface area contributed by atoms with Gasteiger partial charge in [0.05, 0.1) is 5.56 Å². The van der Waals surface area contributed by atoms with Gasteiger partial charge in [0.15, 0.2) is 0 Å². The minimum absolute atomic E-state index is 0.0405. The van der Waals surface area contributed by atoms with Gasteiger partial charge in [-0.05, 0) is 24.1 Å². The first-order chi connectivity index (χ1) is 6.19. The number of aryl methyl sites for hydroxylation is 1. The molecule has 0 radical (unpaired) electrons. The van der Waals surface area contributed by atoms with Crippen molar-refractivity contribution in [3.63, 3.8) is 0 Å². The minimum Gasteiger partial charge on any atom is -0.507 e. The van der Waals surface area contributed by atoms with Crippen LogP contribution in [0, 0.1) is 0 Å². The minimum atomic E-state index is -0.264. The lowest BCUT2D eigenvalue weighted by Gasteiger charge is -2.04. The van der Waals surface area contributed by atoms with Gasteiger partial charge in [-0.1, -0.05) is 13.0 Å². The van der Waals surface area contributed by atoms with E-state index in [-0.39, 0.29) is 11.7 Å². The van der Waals surface area contributed by atoms with Crippen LogP contribution in [0.5, 0.6) is 5.75 Å². The molecule has 0 saturated heterocycles. The third-order valence-corrected chi connectivity index (χ3v) is 1.94. The van der Waals surface area contributed by atoms with Crippen LogP contribution in [0.4, 0.5) is 0 Å². The van der Waals surface area contributed by atoms with Crippen molar-refractivity contribution in [3.05, 3.63) is 29.3 Å². The van der Waals surface area contributed by atoms with Crippen LogP contribution in [0.3, 0.4) is 0 Å². The van der Waals surface area contributed by atoms with Gasteiger partial charge in [0, 0.05) is 7.05 Å². The molecule has 0 aliphatic carbocycles. The molecule has 0 bridgehead atoms. The Bertz CT molecular complexity index is 321. The van der Waals surface area contributed by atoms with E-state index in [1.54, 1.807) is 12.1 Å². The second-order valence-corrected chi connectivity index (χ2v) is 2.78. The smallest absolute Gasteiger partial charge is 0.254 e. The molecule has 1 amide bonds. The van der Waals surface area contributed by atoms with Crippen LogP contribution in [0.1, 0.15) is 22.8 Å². The second-order valence-electron chi connectivity index (χ2n) is 2.78. The molecule has 0 atom stereocenters. The van der Waals surface area contributed by atoms with E-state index in [2.05, 4.69) is 5.32 Å². The van der Waals surface area contributed by atoms with Crippen molar-refractivity contribution in [2.45, 2.75) is 13.3 Å². The van der Waals surface area contributed by atoms with E-state index < -0.39 is 0 Å². The summed E-state index contributed by atoms with van der Waals surface area (Å²) in [5, 5.41) is 11.9. The molecule has 70 valence electrons. The number of carbonyl (C=O) groups excluding carboxylic acids is 1. The lowest BCUT2D eigenvalue weighted by molar-refractivity contribution is 0.0960. The van der Waals surface area contributed by atoms with Gasteiger partial charge in [0.1, 0.15) is 5.75 Å². The van der Waals surface area contributed by atoms with Gasteiger partial charge in [-0.2, -0.15) is 0 Å². The normalized spacial score (nSPS) is 9.69. The third-order valence-electron chi connectivity index (χ3n) is 1.94. The Kier molecular flexibility index (Phi) is 2.90. The number of aromatic hydroxyl groups is 1. The highest BCUT2D eigenvalue weighted by Crippen LogP contribution is 2.18. The van der Waals surface area contributed by atoms with E-state index in [4.69, 9.17) is 0 Å². The van der Waals surface area contributed by atoms with Gasteiger partial charge in [0.25, 0.3) is 5.91 Å². The number of phenols is 1. The predicted molar refractivity (Wildman–Crippen MR) is 50.9 cm³/mol. The van der Waals surface area contributed by atoms with E-state index in [1.807, 2.05) is 13.0 Å². The van der Waals surface area contributed by atoms with Crippen molar-refractivity contribution >= 4 is 5.91 Å². The first kappa shape index (κ1) is 9.58. The second kappa shape index (κ2) is 3.94. The van der Waals surface area contributed by atoms with Crippen LogP contribution < -0.4 is 5.32 Å². The lowest BCUT2D eigenvalue weighted by atomic mass is 10.1. The highest BCUT2D eigenvalue weighted by Gasteiger charge is 2.08. The molecule has 1 rings (SSSR count). The Labute approximate surface area is 77.4 Å². The van der Waals surface area contributed by atoms with Crippen LogP contribution in [-0.2, 0) is 6.42 Å². The predicted octanol–water partition coefficient (Wildman–Crippen LogP) is 1.31. The zero-order valence-electron chi connectivity index (χ0n) is 7.79. The van der Waals surface area contributed by atoms with Crippen molar-refractivity contribution in [3.8, 4) is 5.75 Å². The molecule has 3 heteroatoms. The lowest BCUT2D eigenvalue weighted by Crippen LogP contribution is -2.17. The fourth-order valence-electron chi connectivity index (χ4n) is 1.12. The molecule has 0 aliphatic rings. The van der Waals surface area contributed by atoms with Gasteiger partial charge in [-0.15, -0.1) is 0 Å². The molecule has 0 aliphatic heterocycles. The molecule has 1 aromatic rings. The molecule has 13 heavy (non-hydrogen) atoms. The summed E-state index contributed by atoms with van der Waals surface area (Å²) in [7, 11) is 1.54. The molecule has 0 unspecified atom stereocenters. The topological polar surface area (TPSA) is 49.3 Å². The van der Waals surface area contributed by atoms with Gasteiger partial charge in [0.2, 0.25) is 0 Å². The maximum Gasteiger partial charge on any atom is 0.254 e. The van der Waals surface area contributed by atoms with Crippen LogP contribution >= 0.6 is 0 Å². The number of carbonyl (C=O) groups is 1. The molecule has 3 nitrogen and oxygen atoms in total. The van der Waals surface area contributed by atoms with E-state index >= 15 is 0 Å². The van der Waals surface area contributed by atoms with Crippen molar-refractivity contribution < 1.29 is 9.90 Å². The average Bonchev–Trinajstić information content (AvgIpc) is 2.16. The molecule has 0 saturated carbocycles. The summed E-state index contributed by atoms with van der Waals surface area (Å²) >= 11 is 0. The maximum absolute atomic E-state index is 11.2. The highest BCUT2D eigenvalue weighted by atomic mass is 16.3. The Morgan fingerprint density at radius 3 is 2.69 bits per heavy atom. The fraction of sp³-hybridized carbons (Fsp3) is 0.300. The summed E-state index contributed by atoms with van der Waals surface area (Å²) in [6, 6.07) is 5.09. The number of hydrogen-bond acceptors (Lipinski definition) is 2. The molecular weight excluding hydrogens is 166 g/mol. The van der Waals surface area contributed by atoms with Crippen LogP contribution in [0.2, 0.25) is 0 Å². The summed E-state index contributed by atoms with van der Waals surface area (Å²) in [5.74, 6) is -0.223. The van der Waals surface area contributed by atoms with Crippen LogP contribution in [0.15, 0.2) is 18.2 Å². The Hall–Kier alpha value is -1.51. The van der Waals surface area contributed by atoms with Crippen molar-refractivity contribution in [1.29, 1.82) is 0 Å². The van der Waals surface area contributed by atoms with E-state index in [1.165, 1.54) is 7.05 Å². The Morgan fingerprint density at radius 1 is 1.54 bits per heavy atom. The molecule has 0 fully saturated rings. The summed E-state index contributed by atoms with van der Waals surface area (Å²) < 4.78 is 0. The first-order valence-corrected chi connectivity index (χ1v) is 4.23.